The Hall–Kier alpha value is -1.51. The van der Waals surface area contributed by atoms with Crippen molar-refractivity contribution in [2.75, 3.05) is 13.7 Å². The first kappa shape index (κ1) is 15.9. The second-order valence-corrected chi connectivity index (χ2v) is 5.82. The third-order valence-corrected chi connectivity index (χ3v) is 3.86. The van der Waals surface area contributed by atoms with Gasteiger partial charge in [-0.3, -0.25) is 0 Å². The van der Waals surface area contributed by atoms with Crippen LogP contribution in [0.1, 0.15) is 16.7 Å². The van der Waals surface area contributed by atoms with Crippen molar-refractivity contribution < 1.29 is 4.74 Å². The van der Waals surface area contributed by atoms with Gasteiger partial charge in [-0.05, 0) is 56.6 Å². The number of ether oxygens (including phenoxy) is 1. The molecule has 21 heavy (non-hydrogen) atoms. The number of likely N-dealkylation sites (N-methyl/N-ethyl adjacent to an activating group) is 1. The second kappa shape index (κ2) is 7.48. The molecule has 2 aromatic rings. The summed E-state index contributed by atoms with van der Waals surface area (Å²) in [6.07, 6.45) is 0.949. The van der Waals surface area contributed by atoms with Crippen LogP contribution in [-0.4, -0.2) is 19.7 Å². The number of benzene rings is 2. The van der Waals surface area contributed by atoms with Crippen LogP contribution < -0.4 is 10.1 Å². The maximum absolute atomic E-state index is 5.97. The molecule has 0 amide bonds. The number of aryl methyl sites for hydroxylation is 2. The van der Waals surface area contributed by atoms with Crippen molar-refractivity contribution in [2.45, 2.75) is 26.3 Å². The van der Waals surface area contributed by atoms with E-state index in [2.05, 4.69) is 37.4 Å². The highest BCUT2D eigenvalue weighted by Crippen LogP contribution is 2.18. The summed E-state index contributed by atoms with van der Waals surface area (Å²) in [5.74, 6) is 0.809. The molecule has 2 nitrogen and oxygen atoms in total. The fraction of sp³-hybridized carbons (Fsp3) is 0.333. The van der Waals surface area contributed by atoms with E-state index >= 15 is 0 Å². The van der Waals surface area contributed by atoms with Gasteiger partial charge in [-0.2, -0.15) is 0 Å². The van der Waals surface area contributed by atoms with Crippen molar-refractivity contribution in [2.24, 2.45) is 0 Å². The molecule has 2 aromatic carbocycles. The lowest BCUT2D eigenvalue weighted by Crippen LogP contribution is -2.34. The molecule has 0 fully saturated rings. The first-order valence-electron chi connectivity index (χ1n) is 7.20. The average Bonchev–Trinajstić information content (AvgIpc) is 2.47. The van der Waals surface area contributed by atoms with E-state index in [4.69, 9.17) is 16.3 Å². The Labute approximate surface area is 132 Å². The van der Waals surface area contributed by atoms with E-state index in [1.807, 2.05) is 31.3 Å². The van der Waals surface area contributed by atoms with Crippen LogP contribution in [0.25, 0.3) is 0 Å². The van der Waals surface area contributed by atoms with Gasteiger partial charge in [-0.25, -0.2) is 0 Å². The van der Waals surface area contributed by atoms with Crippen LogP contribution in [0.3, 0.4) is 0 Å². The van der Waals surface area contributed by atoms with Gasteiger partial charge in [0.15, 0.2) is 0 Å². The van der Waals surface area contributed by atoms with Crippen molar-refractivity contribution >= 4 is 11.6 Å². The summed E-state index contributed by atoms with van der Waals surface area (Å²) in [4.78, 5) is 0. The molecule has 3 heteroatoms. The fourth-order valence-corrected chi connectivity index (χ4v) is 2.46. The maximum Gasteiger partial charge on any atom is 0.120 e. The molecule has 0 aliphatic rings. The second-order valence-electron chi connectivity index (χ2n) is 5.39. The van der Waals surface area contributed by atoms with Gasteiger partial charge in [-0.15, -0.1) is 0 Å². The largest absolute Gasteiger partial charge is 0.492 e. The number of hydrogen-bond acceptors (Lipinski definition) is 2. The van der Waals surface area contributed by atoms with Gasteiger partial charge in [0.25, 0.3) is 0 Å². The van der Waals surface area contributed by atoms with Gasteiger partial charge in [0.1, 0.15) is 12.4 Å². The molecular weight excluding hydrogens is 282 g/mol. The van der Waals surface area contributed by atoms with Crippen molar-refractivity contribution in [3.8, 4) is 5.75 Å². The Bertz CT molecular complexity index is 598. The van der Waals surface area contributed by atoms with Gasteiger partial charge < -0.3 is 10.1 Å². The number of hydrogen-bond donors (Lipinski definition) is 1. The summed E-state index contributed by atoms with van der Waals surface area (Å²) in [6, 6.07) is 14.4. The zero-order valence-corrected chi connectivity index (χ0v) is 13.6. The van der Waals surface area contributed by atoms with Crippen LogP contribution in [-0.2, 0) is 6.42 Å². The van der Waals surface area contributed by atoms with Gasteiger partial charge in [-0.1, -0.05) is 41.4 Å². The molecule has 1 unspecified atom stereocenters. The number of halogens is 1. The van der Waals surface area contributed by atoms with E-state index in [0.29, 0.717) is 11.6 Å². The molecule has 1 N–H and O–H groups in total. The summed E-state index contributed by atoms with van der Waals surface area (Å²) < 4.78 is 5.84. The summed E-state index contributed by atoms with van der Waals surface area (Å²) in [7, 11) is 1.97. The van der Waals surface area contributed by atoms with Crippen molar-refractivity contribution in [3.63, 3.8) is 0 Å². The highest BCUT2D eigenvalue weighted by atomic mass is 35.5. The Balaban J connectivity index is 1.98. The Morgan fingerprint density at radius 1 is 1.14 bits per heavy atom. The van der Waals surface area contributed by atoms with E-state index in [-0.39, 0.29) is 6.04 Å². The smallest absolute Gasteiger partial charge is 0.120 e. The molecule has 0 saturated carbocycles. The first-order chi connectivity index (χ1) is 10.1. The fourth-order valence-electron chi connectivity index (χ4n) is 2.28. The predicted octanol–water partition coefficient (Wildman–Crippen LogP) is 4.17. The Morgan fingerprint density at radius 3 is 2.67 bits per heavy atom. The molecule has 0 aromatic heterocycles. The van der Waals surface area contributed by atoms with Gasteiger partial charge in [0.05, 0.1) is 0 Å². The van der Waals surface area contributed by atoms with Crippen LogP contribution >= 0.6 is 11.6 Å². The zero-order valence-electron chi connectivity index (χ0n) is 12.8. The van der Waals surface area contributed by atoms with E-state index in [0.717, 1.165) is 12.2 Å². The van der Waals surface area contributed by atoms with E-state index in [9.17, 15) is 0 Å². The summed E-state index contributed by atoms with van der Waals surface area (Å²) in [5, 5.41) is 4.02. The summed E-state index contributed by atoms with van der Waals surface area (Å²) in [5.41, 5.74) is 3.98. The standard InChI is InChI=1S/C18H22ClNO/c1-13-7-8-14(2)15(9-13)10-17(20-3)12-21-18-6-4-5-16(19)11-18/h4-9,11,17,20H,10,12H2,1-3H3. The monoisotopic (exact) mass is 303 g/mol. The predicted molar refractivity (Wildman–Crippen MR) is 89.4 cm³/mol. The topological polar surface area (TPSA) is 21.3 Å². The van der Waals surface area contributed by atoms with Crippen molar-refractivity contribution in [1.82, 2.24) is 5.32 Å². The third-order valence-electron chi connectivity index (χ3n) is 3.63. The molecule has 0 radical (unpaired) electrons. The van der Waals surface area contributed by atoms with Gasteiger partial charge in [0, 0.05) is 11.1 Å². The molecule has 0 bridgehead atoms. The summed E-state index contributed by atoms with van der Waals surface area (Å²) in [6.45, 7) is 4.89. The highest BCUT2D eigenvalue weighted by Gasteiger charge is 2.10. The van der Waals surface area contributed by atoms with Gasteiger partial charge in [0.2, 0.25) is 0 Å². The molecule has 0 aliphatic heterocycles. The number of rotatable bonds is 6. The maximum atomic E-state index is 5.97. The van der Waals surface area contributed by atoms with Crippen LogP contribution in [0.2, 0.25) is 5.02 Å². The van der Waals surface area contributed by atoms with Gasteiger partial charge >= 0.3 is 0 Å². The molecule has 0 heterocycles. The number of nitrogens with one attached hydrogen (secondary N) is 1. The van der Waals surface area contributed by atoms with Crippen LogP contribution in [0.5, 0.6) is 5.75 Å². The average molecular weight is 304 g/mol. The van der Waals surface area contributed by atoms with Crippen molar-refractivity contribution in [3.05, 3.63) is 64.2 Å². The first-order valence-corrected chi connectivity index (χ1v) is 7.58. The highest BCUT2D eigenvalue weighted by molar-refractivity contribution is 6.30. The van der Waals surface area contributed by atoms with Crippen LogP contribution in [0, 0.1) is 13.8 Å². The molecule has 0 spiro atoms. The van der Waals surface area contributed by atoms with E-state index in [1.165, 1.54) is 16.7 Å². The minimum Gasteiger partial charge on any atom is -0.492 e. The molecule has 0 saturated heterocycles. The lowest BCUT2D eigenvalue weighted by atomic mass is 9.99. The van der Waals surface area contributed by atoms with E-state index in [1.54, 1.807) is 0 Å². The SMILES string of the molecule is CNC(COc1cccc(Cl)c1)Cc1cc(C)ccc1C. The lowest BCUT2D eigenvalue weighted by molar-refractivity contribution is 0.269. The minimum atomic E-state index is 0.268. The van der Waals surface area contributed by atoms with E-state index < -0.39 is 0 Å². The van der Waals surface area contributed by atoms with Crippen molar-refractivity contribution in [1.29, 1.82) is 0 Å². The Kier molecular flexibility index (Phi) is 5.66. The van der Waals surface area contributed by atoms with Crippen LogP contribution in [0.4, 0.5) is 0 Å². The molecule has 0 aliphatic carbocycles. The summed E-state index contributed by atoms with van der Waals surface area (Å²) >= 11 is 5.97. The van der Waals surface area contributed by atoms with Crippen LogP contribution in [0.15, 0.2) is 42.5 Å². The third kappa shape index (κ3) is 4.76. The molecule has 1 atom stereocenters. The quantitative estimate of drug-likeness (QED) is 0.865. The zero-order chi connectivity index (χ0) is 15.2. The molecule has 112 valence electrons. The molecular formula is C18H22ClNO. The Morgan fingerprint density at radius 2 is 1.95 bits per heavy atom. The molecule has 2 rings (SSSR count). The lowest BCUT2D eigenvalue weighted by Gasteiger charge is -2.18. The normalized spacial score (nSPS) is 12.2. The minimum absolute atomic E-state index is 0.268.